The summed E-state index contributed by atoms with van der Waals surface area (Å²) in [6.45, 7) is 2.64. The predicted molar refractivity (Wildman–Crippen MR) is 79.6 cm³/mol. The van der Waals surface area contributed by atoms with Gasteiger partial charge in [-0.1, -0.05) is 37.3 Å². The van der Waals surface area contributed by atoms with Crippen molar-refractivity contribution in [3.8, 4) is 0 Å². The Labute approximate surface area is 129 Å². The molecule has 0 unspecified atom stereocenters. The van der Waals surface area contributed by atoms with Crippen molar-refractivity contribution < 1.29 is 19.4 Å². The third-order valence-corrected chi connectivity index (χ3v) is 5.48. The van der Waals surface area contributed by atoms with Crippen LogP contribution in [-0.4, -0.2) is 46.0 Å². The van der Waals surface area contributed by atoms with Crippen molar-refractivity contribution in [2.24, 2.45) is 0 Å². The molecule has 5 heteroatoms. The molecule has 1 N–H and O–H groups in total. The first-order valence-corrected chi connectivity index (χ1v) is 7.99. The van der Waals surface area contributed by atoms with E-state index in [1.54, 1.807) is 4.90 Å². The summed E-state index contributed by atoms with van der Waals surface area (Å²) in [4.78, 5) is 13.3. The van der Waals surface area contributed by atoms with Gasteiger partial charge in [0.2, 0.25) is 0 Å². The molecular formula is C17H21NO4. The van der Waals surface area contributed by atoms with Gasteiger partial charge in [-0.2, -0.15) is 0 Å². The number of amides is 1. The van der Waals surface area contributed by atoms with E-state index in [9.17, 15) is 9.90 Å². The molecular weight excluding hydrogens is 282 g/mol. The number of benzene rings is 1. The molecule has 0 radical (unpaired) electrons. The average Bonchev–Trinajstić information content (AvgIpc) is 3.30. The Morgan fingerprint density at radius 1 is 1.45 bits per heavy atom. The molecule has 0 aromatic heterocycles. The van der Waals surface area contributed by atoms with Gasteiger partial charge in [-0.15, -0.1) is 0 Å². The molecule has 118 valence electrons. The van der Waals surface area contributed by atoms with E-state index in [0.29, 0.717) is 6.61 Å². The third-order valence-electron chi connectivity index (χ3n) is 5.48. The lowest BCUT2D eigenvalue weighted by Crippen LogP contribution is -2.60. The zero-order valence-electron chi connectivity index (χ0n) is 12.6. The van der Waals surface area contributed by atoms with Crippen LogP contribution in [0.4, 0.5) is 4.79 Å². The molecule has 1 amide bonds. The second kappa shape index (κ2) is 4.96. The van der Waals surface area contributed by atoms with Gasteiger partial charge >= 0.3 is 6.09 Å². The summed E-state index contributed by atoms with van der Waals surface area (Å²) < 4.78 is 11.8. The number of carbonyl (C=O) groups is 1. The monoisotopic (exact) mass is 303 g/mol. The Hall–Kier alpha value is -1.59. The normalized spacial score (nSPS) is 38.7. The Kier molecular flexibility index (Phi) is 3.16. The summed E-state index contributed by atoms with van der Waals surface area (Å²) in [5.41, 5.74) is 0.767. The van der Waals surface area contributed by atoms with E-state index in [1.807, 2.05) is 18.2 Å². The third kappa shape index (κ3) is 1.96. The number of epoxide rings is 1. The topological polar surface area (TPSA) is 62.3 Å². The van der Waals surface area contributed by atoms with E-state index >= 15 is 0 Å². The summed E-state index contributed by atoms with van der Waals surface area (Å²) in [6.07, 6.45) is 1.71. The molecule has 1 aromatic carbocycles. The van der Waals surface area contributed by atoms with Crippen LogP contribution in [-0.2, 0) is 16.1 Å². The SMILES string of the molecule is CC[C@@]12C[C@H](OCc3ccccc3)C[C@@H]([C@@H]3O[C@@H]31)N2C(=O)O. The lowest BCUT2D eigenvalue weighted by Gasteiger charge is -2.47. The minimum absolute atomic E-state index is 0.0445. The number of ether oxygens (including phenoxy) is 2. The van der Waals surface area contributed by atoms with Crippen LogP contribution >= 0.6 is 0 Å². The van der Waals surface area contributed by atoms with Crippen LogP contribution in [0.3, 0.4) is 0 Å². The Morgan fingerprint density at radius 2 is 2.23 bits per heavy atom. The number of piperidine rings is 1. The van der Waals surface area contributed by atoms with Gasteiger partial charge in [-0.25, -0.2) is 4.79 Å². The second-order valence-corrected chi connectivity index (χ2v) is 6.56. The minimum Gasteiger partial charge on any atom is -0.465 e. The van der Waals surface area contributed by atoms with E-state index in [0.717, 1.165) is 24.8 Å². The summed E-state index contributed by atoms with van der Waals surface area (Å²) in [7, 11) is 0. The van der Waals surface area contributed by atoms with Crippen molar-refractivity contribution in [1.82, 2.24) is 4.90 Å². The minimum atomic E-state index is -0.816. The first-order valence-electron chi connectivity index (χ1n) is 7.99. The Bertz CT molecular complexity index is 577. The van der Waals surface area contributed by atoms with Crippen LogP contribution in [0.15, 0.2) is 30.3 Å². The van der Waals surface area contributed by atoms with Crippen LogP contribution in [0.1, 0.15) is 31.7 Å². The molecule has 3 fully saturated rings. The van der Waals surface area contributed by atoms with Crippen molar-refractivity contribution in [3.63, 3.8) is 0 Å². The number of morpholine rings is 1. The molecule has 3 saturated heterocycles. The van der Waals surface area contributed by atoms with E-state index in [4.69, 9.17) is 9.47 Å². The van der Waals surface area contributed by atoms with Crippen LogP contribution in [0.2, 0.25) is 0 Å². The molecule has 22 heavy (non-hydrogen) atoms. The number of fused-ring (bicyclic) bond motifs is 5. The van der Waals surface area contributed by atoms with Gasteiger partial charge in [0.1, 0.15) is 12.2 Å². The summed E-state index contributed by atoms with van der Waals surface area (Å²) in [5, 5.41) is 9.58. The number of carboxylic acid groups (broad SMARTS) is 1. The largest absolute Gasteiger partial charge is 0.465 e. The molecule has 4 rings (SSSR count). The first-order chi connectivity index (χ1) is 10.7. The molecule has 0 saturated carbocycles. The molecule has 1 aromatic rings. The molecule has 3 aliphatic heterocycles. The Morgan fingerprint density at radius 3 is 2.91 bits per heavy atom. The first kappa shape index (κ1) is 14.0. The van der Waals surface area contributed by atoms with Crippen LogP contribution in [0, 0.1) is 0 Å². The summed E-state index contributed by atoms with van der Waals surface area (Å²) in [5.74, 6) is 0. The van der Waals surface area contributed by atoms with E-state index < -0.39 is 6.09 Å². The quantitative estimate of drug-likeness (QED) is 0.869. The fourth-order valence-corrected chi connectivity index (χ4v) is 4.43. The van der Waals surface area contributed by atoms with Crippen molar-refractivity contribution in [2.45, 2.75) is 62.7 Å². The zero-order chi connectivity index (χ0) is 15.3. The molecule has 5 nitrogen and oxygen atoms in total. The average molecular weight is 303 g/mol. The molecule has 3 aliphatic rings. The summed E-state index contributed by atoms with van der Waals surface area (Å²) in [6, 6.07) is 10.1. The van der Waals surface area contributed by atoms with Crippen molar-refractivity contribution in [2.75, 3.05) is 0 Å². The lowest BCUT2D eigenvalue weighted by molar-refractivity contribution is -0.0859. The van der Waals surface area contributed by atoms with Crippen LogP contribution in [0.5, 0.6) is 0 Å². The fourth-order valence-electron chi connectivity index (χ4n) is 4.43. The number of hydrogen-bond donors (Lipinski definition) is 1. The molecule has 3 heterocycles. The van der Waals surface area contributed by atoms with Gasteiger partial charge in [0.25, 0.3) is 0 Å². The van der Waals surface area contributed by atoms with Gasteiger partial charge in [0.15, 0.2) is 0 Å². The second-order valence-electron chi connectivity index (χ2n) is 6.56. The standard InChI is InChI=1S/C17H21NO4/c1-2-17-9-12(21-10-11-6-4-3-5-7-11)8-13(14-15(17)22-14)18(17)16(19)20/h3-7,12-15H,2,8-10H2,1H3,(H,19,20)/t12-,13+,14+,15+,17-/m1/s1. The van der Waals surface area contributed by atoms with Gasteiger partial charge in [-0.3, -0.25) is 4.90 Å². The van der Waals surface area contributed by atoms with Crippen molar-refractivity contribution in [1.29, 1.82) is 0 Å². The Balaban J connectivity index is 1.49. The van der Waals surface area contributed by atoms with Crippen molar-refractivity contribution >= 4 is 6.09 Å². The van der Waals surface area contributed by atoms with Gasteiger partial charge in [0.05, 0.1) is 24.3 Å². The van der Waals surface area contributed by atoms with E-state index in [1.165, 1.54) is 0 Å². The number of hydrogen-bond acceptors (Lipinski definition) is 3. The highest BCUT2D eigenvalue weighted by Crippen LogP contribution is 2.56. The van der Waals surface area contributed by atoms with Crippen LogP contribution < -0.4 is 0 Å². The highest BCUT2D eigenvalue weighted by Gasteiger charge is 2.72. The van der Waals surface area contributed by atoms with E-state index in [2.05, 4.69) is 19.1 Å². The zero-order valence-corrected chi connectivity index (χ0v) is 12.6. The van der Waals surface area contributed by atoms with Crippen LogP contribution in [0.25, 0.3) is 0 Å². The fraction of sp³-hybridized carbons (Fsp3) is 0.588. The van der Waals surface area contributed by atoms with E-state index in [-0.39, 0.29) is 29.9 Å². The van der Waals surface area contributed by atoms with Gasteiger partial charge < -0.3 is 14.6 Å². The maximum atomic E-state index is 11.7. The predicted octanol–water partition coefficient (Wildman–Crippen LogP) is 2.64. The highest BCUT2D eigenvalue weighted by molar-refractivity contribution is 5.69. The molecule has 0 spiro atoms. The van der Waals surface area contributed by atoms with Gasteiger partial charge in [-0.05, 0) is 24.8 Å². The van der Waals surface area contributed by atoms with Gasteiger partial charge in [0, 0.05) is 0 Å². The maximum absolute atomic E-state index is 11.7. The lowest BCUT2D eigenvalue weighted by atomic mass is 9.83. The molecule has 0 aliphatic carbocycles. The number of nitrogens with zero attached hydrogens (tertiary/aromatic N) is 1. The van der Waals surface area contributed by atoms with Crippen molar-refractivity contribution in [3.05, 3.63) is 35.9 Å². The highest BCUT2D eigenvalue weighted by atomic mass is 16.6. The number of rotatable bonds is 4. The maximum Gasteiger partial charge on any atom is 0.408 e. The smallest absolute Gasteiger partial charge is 0.408 e. The summed E-state index contributed by atoms with van der Waals surface area (Å²) >= 11 is 0. The molecule has 2 bridgehead atoms. The molecule has 5 atom stereocenters.